The van der Waals surface area contributed by atoms with Crippen molar-refractivity contribution in [2.45, 2.75) is 30.4 Å². The van der Waals surface area contributed by atoms with Crippen LogP contribution in [0.3, 0.4) is 0 Å². The molecule has 1 aliphatic heterocycles. The van der Waals surface area contributed by atoms with Gasteiger partial charge in [0, 0.05) is 29.2 Å². The van der Waals surface area contributed by atoms with Gasteiger partial charge in [-0.25, -0.2) is 0 Å². The highest BCUT2D eigenvalue weighted by atomic mass is 32.2. The molecule has 4 heteroatoms. The summed E-state index contributed by atoms with van der Waals surface area (Å²) in [5.41, 5.74) is 8.30. The minimum absolute atomic E-state index is 0.00870. The molecule has 1 saturated heterocycles. The van der Waals surface area contributed by atoms with Gasteiger partial charge in [-0.05, 0) is 18.9 Å². The Hall–Kier alpha value is -0.710. The van der Waals surface area contributed by atoms with E-state index in [9.17, 15) is 4.21 Å². The van der Waals surface area contributed by atoms with E-state index in [0.29, 0.717) is 19.0 Å². The van der Waals surface area contributed by atoms with E-state index >= 15 is 0 Å². The number of ether oxygens (including phenoxy) is 1. The topological polar surface area (TPSA) is 52.3 Å². The van der Waals surface area contributed by atoms with Gasteiger partial charge in [0.25, 0.3) is 0 Å². The minimum Gasteiger partial charge on any atom is -0.380 e. The fourth-order valence-corrected chi connectivity index (χ4v) is 3.57. The van der Waals surface area contributed by atoms with Crippen molar-refractivity contribution in [2.75, 3.05) is 13.2 Å². The Kier molecular flexibility index (Phi) is 4.31. The van der Waals surface area contributed by atoms with Crippen molar-refractivity contribution in [2.24, 2.45) is 5.73 Å². The van der Waals surface area contributed by atoms with Crippen LogP contribution in [0.4, 0.5) is 0 Å². The van der Waals surface area contributed by atoms with Crippen LogP contribution >= 0.6 is 0 Å². The Morgan fingerprint density at radius 2 is 2.35 bits per heavy atom. The summed E-state index contributed by atoms with van der Waals surface area (Å²) in [6.07, 6.45) is 0.810. The third-order valence-corrected chi connectivity index (χ3v) is 4.86. The molecule has 0 amide bonds. The van der Waals surface area contributed by atoms with E-state index < -0.39 is 10.8 Å². The number of hydrogen-bond acceptors (Lipinski definition) is 3. The molecule has 0 aliphatic carbocycles. The lowest BCUT2D eigenvalue weighted by atomic mass is 10.1. The summed E-state index contributed by atoms with van der Waals surface area (Å²) >= 11 is 0. The summed E-state index contributed by atoms with van der Waals surface area (Å²) in [5.74, 6) is 0.573. The molecule has 0 aromatic heterocycles. The van der Waals surface area contributed by atoms with Crippen LogP contribution in [0.25, 0.3) is 0 Å². The third-order valence-electron chi connectivity index (χ3n) is 3.08. The highest BCUT2D eigenvalue weighted by Crippen LogP contribution is 2.16. The average molecular weight is 253 g/mol. The third kappa shape index (κ3) is 3.37. The Balaban J connectivity index is 2.01. The van der Waals surface area contributed by atoms with Crippen molar-refractivity contribution in [1.82, 2.24) is 0 Å². The Bertz CT molecular complexity index is 408. The van der Waals surface area contributed by atoms with Crippen LogP contribution < -0.4 is 5.73 Å². The van der Waals surface area contributed by atoms with Crippen LogP contribution in [-0.4, -0.2) is 28.7 Å². The number of benzene rings is 1. The second-order valence-electron chi connectivity index (χ2n) is 4.58. The monoisotopic (exact) mass is 253 g/mol. The van der Waals surface area contributed by atoms with E-state index in [1.807, 2.05) is 25.1 Å². The highest BCUT2D eigenvalue weighted by molar-refractivity contribution is 7.84. The second-order valence-corrected chi connectivity index (χ2v) is 6.24. The Morgan fingerprint density at radius 1 is 1.53 bits per heavy atom. The maximum Gasteiger partial charge on any atom is 0.0736 e. The smallest absolute Gasteiger partial charge is 0.0736 e. The summed E-state index contributed by atoms with van der Waals surface area (Å²) in [4.78, 5) is 0. The lowest BCUT2D eigenvalue weighted by molar-refractivity contribution is 0.0903. The SMILES string of the molecule is Cc1cccc(CS(=O)C2COCCC2N)c1. The molecule has 1 fully saturated rings. The maximum absolute atomic E-state index is 12.2. The summed E-state index contributed by atoms with van der Waals surface area (Å²) in [7, 11) is -0.946. The molecule has 3 atom stereocenters. The van der Waals surface area contributed by atoms with Crippen molar-refractivity contribution >= 4 is 10.8 Å². The number of hydrogen-bond donors (Lipinski definition) is 1. The second kappa shape index (κ2) is 5.76. The zero-order chi connectivity index (χ0) is 12.3. The number of nitrogens with two attached hydrogens (primary N) is 1. The van der Waals surface area contributed by atoms with Crippen molar-refractivity contribution in [3.63, 3.8) is 0 Å². The quantitative estimate of drug-likeness (QED) is 0.885. The summed E-state index contributed by atoms with van der Waals surface area (Å²) < 4.78 is 17.6. The Morgan fingerprint density at radius 3 is 3.06 bits per heavy atom. The first-order valence-electron chi connectivity index (χ1n) is 5.93. The first-order valence-corrected chi connectivity index (χ1v) is 7.31. The first-order chi connectivity index (χ1) is 8.16. The fraction of sp³-hybridized carbons (Fsp3) is 0.538. The summed E-state index contributed by atoms with van der Waals surface area (Å²) in [6.45, 7) is 3.26. The zero-order valence-electron chi connectivity index (χ0n) is 10.1. The van der Waals surface area contributed by atoms with Crippen LogP contribution in [0.15, 0.2) is 24.3 Å². The van der Waals surface area contributed by atoms with E-state index in [1.165, 1.54) is 5.56 Å². The van der Waals surface area contributed by atoms with Crippen LogP contribution in [0, 0.1) is 6.92 Å². The van der Waals surface area contributed by atoms with E-state index in [0.717, 1.165) is 12.0 Å². The van der Waals surface area contributed by atoms with Crippen LogP contribution in [-0.2, 0) is 21.3 Å². The van der Waals surface area contributed by atoms with E-state index in [4.69, 9.17) is 10.5 Å². The molecule has 0 spiro atoms. The van der Waals surface area contributed by atoms with Gasteiger partial charge >= 0.3 is 0 Å². The molecule has 1 aliphatic rings. The predicted octanol–water partition coefficient (Wildman–Crippen LogP) is 1.36. The van der Waals surface area contributed by atoms with Gasteiger partial charge in [0.2, 0.25) is 0 Å². The number of rotatable bonds is 3. The molecule has 2 N–H and O–H groups in total. The summed E-state index contributed by atoms with van der Waals surface area (Å²) in [6, 6.07) is 8.14. The van der Waals surface area contributed by atoms with Crippen LogP contribution in [0.2, 0.25) is 0 Å². The molecule has 94 valence electrons. The highest BCUT2D eigenvalue weighted by Gasteiger charge is 2.27. The molecule has 1 heterocycles. The molecule has 0 saturated carbocycles. The molecule has 1 aromatic carbocycles. The maximum atomic E-state index is 12.2. The molecule has 0 radical (unpaired) electrons. The average Bonchev–Trinajstić information content (AvgIpc) is 2.29. The number of aryl methyl sites for hydroxylation is 1. The zero-order valence-corrected chi connectivity index (χ0v) is 10.9. The van der Waals surface area contributed by atoms with Gasteiger partial charge in [0.05, 0.1) is 11.9 Å². The van der Waals surface area contributed by atoms with Gasteiger partial charge in [-0.15, -0.1) is 0 Å². The molecule has 3 nitrogen and oxygen atoms in total. The molecular formula is C13H19NO2S. The van der Waals surface area contributed by atoms with Gasteiger partial charge in [-0.3, -0.25) is 4.21 Å². The predicted molar refractivity (Wildman–Crippen MR) is 70.2 cm³/mol. The molecular weight excluding hydrogens is 234 g/mol. The van der Waals surface area contributed by atoms with Crippen molar-refractivity contribution in [1.29, 1.82) is 0 Å². The molecule has 0 bridgehead atoms. The normalized spacial score (nSPS) is 26.7. The van der Waals surface area contributed by atoms with E-state index in [1.54, 1.807) is 0 Å². The van der Waals surface area contributed by atoms with Crippen molar-refractivity contribution in [3.8, 4) is 0 Å². The van der Waals surface area contributed by atoms with Gasteiger partial charge in [0.1, 0.15) is 0 Å². The van der Waals surface area contributed by atoms with E-state index in [2.05, 4.69) is 6.07 Å². The lowest BCUT2D eigenvalue weighted by Gasteiger charge is -2.27. The molecule has 3 unspecified atom stereocenters. The van der Waals surface area contributed by atoms with Gasteiger partial charge in [-0.2, -0.15) is 0 Å². The van der Waals surface area contributed by atoms with E-state index in [-0.39, 0.29) is 11.3 Å². The molecule has 1 aromatic rings. The van der Waals surface area contributed by atoms with Crippen LogP contribution in [0.5, 0.6) is 0 Å². The van der Waals surface area contributed by atoms with Crippen molar-refractivity contribution < 1.29 is 8.95 Å². The molecule has 2 rings (SSSR count). The lowest BCUT2D eigenvalue weighted by Crippen LogP contribution is -2.45. The molecule has 17 heavy (non-hydrogen) atoms. The Labute approximate surface area is 105 Å². The largest absolute Gasteiger partial charge is 0.380 e. The first kappa shape index (κ1) is 12.7. The summed E-state index contributed by atoms with van der Waals surface area (Å²) in [5, 5.41) is -0.0238. The fourth-order valence-electron chi connectivity index (χ4n) is 2.07. The minimum atomic E-state index is -0.946. The van der Waals surface area contributed by atoms with Crippen molar-refractivity contribution in [3.05, 3.63) is 35.4 Å². The van der Waals surface area contributed by atoms with Gasteiger partial charge in [-0.1, -0.05) is 29.8 Å². The van der Waals surface area contributed by atoms with Gasteiger partial charge in [0.15, 0.2) is 0 Å². The van der Waals surface area contributed by atoms with Gasteiger partial charge < -0.3 is 10.5 Å². The standard InChI is InChI=1S/C13H19NO2S/c1-10-3-2-4-11(7-10)9-17(15)13-8-16-6-5-12(13)14/h2-4,7,12-13H,5-6,8-9,14H2,1H3. The van der Waals surface area contributed by atoms with Crippen LogP contribution in [0.1, 0.15) is 17.5 Å².